The molecule has 27 heavy (non-hydrogen) atoms. The predicted molar refractivity (Wildman–Crippen MR) is 104 cm³/mol. The number of ether oxygens (including phenoxy) is 2. The first-order valence-corrected chi connectivity index (χ1v) is 10.2. The van der Waals surface area contributed by atoms with E-state index in [0.29, 0.717) is 41.4 Å². The van der Waals surface area contributed by atoms with Crippen LogP contribution in [0.1, 0.15) is 23.2 Å². The average molecular weight is 390 g/mol. The molecule has 0 bridgehead atoms. The molecular weight excluding hydrogens is 368 g/mol. The lowest BCUT2D eigenvalue weighted by molar-refractivity contribution is 0.102. The van der Waals surface area contributed by atoms with E-state index in [1.54, 1.807) is 42.5 Å². The molecule has 2 aromatic rings. The van der Waals surface area contributed by atoms with Crippen LogP contribution in [0.4, 0.5) is 11.4 Å². The average Bonchev–Trinajstić information content (AvgIpc) is 2.67. The van der Waals surface area contributed by atoms with Crippen molar-refractivity contribution in [1.29, 1.82) is 0 Å². The summed E-state index contributed by atoms with van der Waals surface area (Å²) < 4.78 is 36.7. The molecule has 1 aliphatic rings. The van der Waals surface area contributed by atoms with Gasteiger partial charge in [-0.05, 0) is 49.2 Å². The van der Waals surface area contributed by atoms with Crippen LogP contribution in [0.3, 0.4) is 0 Å². The molecule has 0 unspecified atom stereocenters. The van der Waals surface area contributed by atoms with Gasteiger partial charge in [-0.25, -0.2) is 8.42 Å². The van der Waals surface area contributed by atoms with Gasteiger partial charge in [0, 0.05) is 17.8 Å². The highest BCUT2D eigenvalue weighted by Crippen LogP contribution is 2.35. The number of rotatable bonds is 5. The van der Waals surface area contributed by atoms with E-state index in [4.69, 9.17) is 9.47 Å². The van der Waals surface area contributed by atoms with Crippen molar-refractivity contribution < 1.29 is 22.7 Å². The molecule has 2 aromatic carbocycles. The molecule has 0 spiro atoms. The summed E-state index contributed by atoms with van der Waals surface area (Å²) in [7, 11) is -0.368. The predicted octanol–water partition coefficient (Wildman–Crippen LogP) is 2.89. The number of carbonyl (C=O) groups excluding carboxylic acids is 1. The van der Waals surface area contributed by atoms with Crippen molar-refractivity contribution in [2.75, 3.05) is 36.1 Å². The first-order valence-electron chi connectivity index (χ1n) is 8.58. The molecular formula is C19H22N2O5S. The summed E-state index contributed by atoms with van der Waals surface area (Å²) in [6.45, 7) is 0.395. The summed E-state index contributed by atoms with van der Waals surface area (Å²) in [6.07, 6.45) is 1.43. The summed E-state index contributed by atoms with van der Waals surface area (Å²) in [5, 5.41) is 2.80. The van der Waals surface area contributed by atoms with Gasteiger partial charge < -0.3 is 14.8 Å². The summed E-state index contributed by atoms with van der Waals surface area (Å²) in [5.41, 5.74) is 1.36. The van der Waals surface area contributed by atoms with E-state index in [-0.39, 0.29) is 11.7 Å². The highest BCUT2D eigenvalue weighted by Gasteiger charge is 2.28. The molecule has 1 saturated heterocycles. The van der Waals surface area contributed by atoms with Crippen LogP contribution < -0.4 is 19.1 Å². The number of methoxy groups -OCH3 is 2. The zero-order chi connectivity index (χ0) is 19.4. The zero-order valence-electron chi connectivity index (χ0n) is 15.3. The standard InChI is InChI=1S/C19H22N2O5S/c1-25-16-7-5-6-14(12-16)19(22)20-15-8-9-18(26-2)17(13-15)21-10-3-4-11-27(21,23)24/h5-9,12-13H,3-4,10-11H2,1-2H3,(H,20,22). The van der Waals surface area contributed by atoms with E-state index in [9.17, 15) is 13.2 Å². The second-order valence-electron chi connectivity index (χ2n) is 6.17. The van der Waals surface area contributed by atoms with Gasteiger partial charge in [0.2, 0.25) is 10.0 Å². The van der Waals surface area contributed by atoms with Gasteiger partial charge in [0.1, 0.15) is 11.5 Å². The number of carbonyl (C=O) groups is 1. The van der Waals surface area contributed by atoms with E-state index in [1.807, 2.05) is 0 Å². The van der Waals surface area contributed by atoms with Crippen molar-refractivity contribution in [1.82, 2.24) is 0 Å². The Kier molecular flexibility index (Phi) is 5.55. The Labute approximate surface area is 158 Å². The van der Waals surface area contributed by atoms with Crippen molar-refractivity contribution in [3.63, 3.8) is 0 Å². The molecule has 0 radical (unpaired) electrons. The highest BCUT2D eigenvalue weighted by molar-refractivity contribution is 7.92. The lowest BCUT2D eigenvalue weighted by Crippen LogP contribution is -2.38. The Morgan fingerprint density at radius 1 is 1.07 bits per heavy atom. The lowest BCUT2D eigenvalue weighted by atomic mass is 10.2. The van der Waals surface area contributed by atoms with Crippen LogP contribution in [-0.4, -0.2) is 40.8 Å². The SMILES string of the molecule is COc1cccc(C(=O)Nc2ccc(OC)c(N3CCCCS3(=O)=O)c2)c1. The molecule has 1 fully saturated rings. The minimum atomic E-state index is -3.39. The van der Waals surface area contributed by atoms with E-state index >= 15 is 0 Å². The Morgan fingerprint density at radius 3 is 2.59 bits per heavy atom. The minimum Gasteiger partial charge on any atom is -0.497 e. The fourth-order valence-corrected chi connectivity index (χ4v) is 4.63. The molecule has 1 amide bonds. The smallest absolute Gasteiger partial charge is 0.255 e. The highest BCUT2D eigenvalue weighted by atomic mass is 32.2. The largest absolute Gasteiger partial charge is 0.497 e. The van der Waals surface area contributed by atoms with Crippen LogP contribution in [0, 0.1) is 0 Å². The third-order valence-corrected chi connectivity index (χ3v) is 6.24. The van der Waals surface area contributed by atoms with Crippen LogP contribution in [0.25, 0.3) is 0 Å². The van der Waals surface area contributed by atoms with Crippen molar-refractivity contribution in [3.05, 3.63) is 48.0 Å². The maximum Gasteiger partial charge on any atom is 0.255 e. The fourth-order valence-electron chi connectivity index (χ4n) is 2.99. The third kappa shape index (κ3) is 4.16. The Hall–Kier alpha value is -2.74. The summed E-state index contributed by atoms with van der Waals surface area (Å²) in [4.78, 5) is 12.5. The molecule has 1 heterocycles. The minimum absolute atomic E-state index is 0.108. The molecule has 0 aliphatic carbocycles. The van der Waals surface area contributed by atoms with Gasteiger partial charge in [-0.2, -0.15) is 0 Å². The Bertz CT molecular complexity index is 943. The second-order valence-corrected chi connectivity index (χ2v) is 8.18. The van der Waals surface area contributed by atoms with Crippen LogP contribution in [0.5, 0.6) is 11.5 Å². The monoisotopic (exact) mass is 390 g/mol. The number of nitrogens with zero attached hydrogens (tertiary/aromatic N) is 1. The number of nitrogens with one attached hydrogen (secondary N) is 1. The van der Waals surface area contributed by atoms with E-state index in [2.05, 4.69) is 5.32 Å². The van der Waals surface area contributed by atoms with Crippen molar-refractivity contribution >= 4 is 27.3 Å². The molecule has 3 rings (SSSR count). The maximum atomic E-state index is 12.5. The van der Waals surface area contributed by atoms with Gasteiger partial charge in [0.25, 0.3) is 5.91 Å². The van der Waals surface area contributed by atoms with E-state index < -0.39 is 10.0 Å². The molecule has 1 N–H and O–H groups in total. The van der Waals surface area contributed by atoms with E-state index in [1.165, 1.54) is 18.5 Å². The van der Waals surface area contributed by atoms with Gasteiger partial charge in [-0.1, -0.05) is 6.07 Å². The van der Waals surface area contributed by atoms with Crippen LogP contribution in [0.15, 0.2) is 42.5 Å². The lowest BCUT2D eigenvalue weighted by Gasteiger charge is -2.29. The molecule has 0 saturated carbocycles. The third-order valence-electron chi connectivity index (χ3n) is 4.39. The van der Waals surface area contributed by atoms with E-state index in [0.717, 1.165) is 6.42 Å². The molecule has 0 aromatic heterocycles. The number of hydrogen-bond donors (Lipinski definition) is 1. The van der Waals surface area contributed by atoms with Gasteiger partial charge in [-0.15, -0.1) is 0 Å². The quantitative estimate of drug-likeness (QED) is 0.849. The summed E-state index contributed by atoms with van der Waals surface area (Å²) >= 11 is 0. The van der Waals surface area contributed by atoms with Gasteiger partial charge in [0.05, 0.1) is 25.7 Å². The Morgan fingerprint density at radius 2 is 1.89 bits per heavy atom. The molecule has 7 nitrogen and oxygen atoms in total. The molecule has 0 atom stereocenters. The summed E-state index contributed by atoms with van der Waals surface area (Å²) in [5.74, 6) is 0.820. The Balaban J connectivity index is 1.90. The first-order chi connectivity index (χ1) is 12.9. The zero-order valence-corrected chi connectivity index (χ0v) is 16.1. The number of anilines is 2. The van der Waals surface area contributed by atoms with Crippen LogP contribution in [0.2, 0.25) is 0 Å². The molecule has 1 aliphatic heterocycles. The topological polar surface area (TPSA) is 84.9 Å². The fraction of sp³-hybridized carbons (Fsp3) is 0.316. The number of hydrogen-bond acceptors (Lipinski definition) is 5. The number of amides is 1. The van der Waals surface area contributed by atoms with Crippen molar-refractivity contribution in [3.8, 4) is 11.5 Å². The second kappa shape index (κ2) is 7.87. The molecule has 144 valence electrons. The normalized spacial score (nSPS) is 15.9. The van der Waals surface area contributed by atoms with Gasteiger partial charge in [-0.3, -0.25) is 9.10 Å². The van der Waals surface area contributed by atoms with Gasteiger partial charge in [0.15, 0.2) is 0 Å². The van der Waals surface area contributed by atoms with Crippen LogP contribution in [-0.2, 0) is 10.0 Å². The van der Waals surface area contributed by atoms with Crippen LogP contribution >= 0.6 is 0 Å². The van der Waals surface area contributed by atoms with Crippen molar-refractivity contribution in [2.45, 2.75) is 12.8 Å². The van der Waals surface area contributed by atoms with Gasteiger partial charge >= 0.3 is 0 Å². The number of benzene rings is 2. The number of sulfonamides is 1. The van der Waals surface area contributed by atoms with Crippen molar-refractivity contribution in [2.24, 2.45) is 0 Å². The maximum absolute atomic E-state index is 12.5. The summed E-state index contributed by atoms with van der Waals surface area (Å²) in [6, 6.07) is 11.8. The molecule has 8 heteroatoms. The first kappa shape index (κ1) is 19.0.